The lowest BCUT2D eigenvalue weighted by Crippen LogP contribution is -2.10. The van der Waals surface area contributed by atoms with Crippen molar-refractivity contribution in [3.8, 4) is 0 Å². The molecule has 1 atom stereocenters. The summed E-state index contributed by atoms with van der Waals surface area (Å²) in [6.07, 6.45) is 0. The summed E-state index contributed by atoms with van der Waals surface area (Å²) in [7, 11) is 0. The highest BCUT2D eigenvalue weighted by molar-refractivity contribution is 5.38. The van der Waals surface area contributed by atoms with Gasteiger partial charge in [-0.1, -0.05) is 13.8 Å². The van der Waals surface area contributed by atoms with Gasteiger partial charge in [0.1, 0.15) is 23.2 Å². The molecule has 0 saturated heterocycles. The lowest BCUT2D eigenvalue weighted by atomic mass is 10.2. The summed E-state index contributed by atoms with van der Waals surface area (Å²) in [5.41, 5.74) is 0.976. The van der Waals surface area contributed by atoms with E-state index in [-0.39, 0.29) is 6.04 Å². The van der Waals surface area contributed by atoms with E-state index in [1.807, 2.05) is 32.0 Å². The number of hydrogen-bond donors (Lipinski definition) is 1. The molecule has 2 rings (SSSR count). The highest BCUT2D eigenvalue weighted by atomic mass is 16.3. The van der Waals surface area contributed by atoms with Gasteiger partial charge in [0.2, 0.25) is 0 Å². The van der Waals surface area contributed by atoms with E-state index >= 15 is 0 Å². The smallest absolute Gasteiger partial charge is 0.133 e. The Balaban J connectivity index is 2.18. The van der Waals surface area contributed by atoms with Crippen LogP contribution in [0, 0.1) is 13.8 Å². The molecule has 0 aliphatic carbocycles. The number of nitrogens with zero attached hydrogens (tertiary/aromatic N) is 2. The van der Waals surface area contributed by atoms with Crippen LogP contribution in [0.25, 0.3) is 0 Å². The minimum atomic E-state index is 0.0861. The lowest BCUT2D eigenvalue weighted by Gasteiger charge is -2.14. The van der Waals surface area contributed by atoms with Gasteiger partial charge in [-0.3, -0.25) is 0 Å². The van der Waals surface area contributed by atoms with Crippen molar-refractivity contribution in [2.45, 2.75) is 46.6 Å². The Labute approximate surface area is 114 Å². The Bertz CT molecular complexity index is 560. The van der Waals surface area contributed by atoms with Crippen LogP contribution in [0.5, 0.6) is 0 Å². The second-order valence-corrected chi connectivity index (χ2v) is 5.22. The first-order chi connectivity index (χ1) is 8.95. The van der Waals surface area contributed by atoms with E-state index in [1.54, 1.807) is 0 Å². The molecular formula is C15H21N3O. The molecule has 0 aromatic carbocycles. The van der Waals surface area contributed by atoms with Crippen LogP contribution >= 0.6 is 0 Å². The van der Waals surface area contributed by atoms with Crippen LogP contribution in [-0.4, -0.2) is 9.97 Å². The second-order valence-electron chi connectivity index (χ2n) is 5.22. The van der Waals surface area contributed by atoms with Crippen LogP contribution in [-0.2, 0) is 0 Å². The van der Waals surface area contributed by atoms with Crippen molar-refractivity contribution in [1.82, 2.24) is 9.97 Å². The number of aromatic nitrogens is 2. The quantitative estimate of drug-likeness (QED) is 0.902. The standard InChI is InChI=1S/C15H21N3O/c1-9(2)15-16-10(3)8-14(18-15)17-12(5)13-7-6-11(4)19-13/h6-9,12H,1-5H3,(H,16,17,18). The molecule has 0 amide bonds. The molecule has 0 radical (unpaired) electrons. The summed E-state index contributed by atoms with van der Waals surface area (Å²) < 4.78 is 5.62. The van der Waals surface area contributed by atoms with Crippen LogP contribution in [0.4, 0.5) is 5.82 Å². The molecule has 19 heavy (non-hydrogen) atoms. The van der Waals surface area contributed by atoms with Gasteiger partial charge < -0.3 is 9.73 Å². The Hall–Kier alpha value is -1.84. The molecule has 1 N–H and O–H groups in total. The zero-order chi connectivity index (χ0) is 14.0. The highest BCUT2D eigenvalue weighted by Crippen LogP contribution is 2.21. The third-order valence-corrected chi connectivity index (χ3v) is 2.94. The summed E-state index contributed by atoms with van der Waals surface area (Å²) >= 11 is 0. The number of furan rings is 1. The van der Waals surface area contributed by atoms with Crippen molar-refractivity contribution in [2.24, 2.45) is 0 Å². The van der Waals surface area contributed by atoms with E-state index in [0.29, 0.717) is 5.92 Å². The van der Waals surface area contributed by atoms with Crippen molar-refractivity contribution in [3.63, 3.8) is 0 Å². The topological polar surface area (TPSA) is 51.0 Å². The van der Waals surface area contributed by atoms with E-state index < -0.39 is 0 Å². The maximum Gasteiger partial charge on any atom is 0.133 e. The van der Waals surface area contributed by atoms with Crippen molar-refractivity contribution in [2.75, 3.05) is 5.32 Å². The van der Waals surface area contributed by atoms with Gasteiger partial charge in [-0.25, -0.2) is 9.97 Å². The normalized spacial score (nSPS) is 12.7. The Morgan fingerprint density at radius 1 is 1.11 bits per heavy atom. The van der Waals surface area contributed by atoms with Gasteiger partial charge in [-0.05, 0) is 32.9 Å². The molecule has 0 fully saturated rings. The monoisotopic (exact) mass is 259 g/mol. The molecule has 1 unspecified atom stereocenters. The molecule has 0 bridgehead atoms. The first-order valence-corrected chi connectivity index (χ1v) is 6.64. The first kappa shape index (κ1) is 13.6. The molecule has 0 aliphatic rings. The molecule has 102 valence electrons. The van der Waals surface area contributed by atoms with Crippen LogP contribution in [0.3, 0.4) is 0 Å². The summed E-state index contributed by atoms with van der Waals surface area (Å²) in [6.45, 7) is 10.2. The molecular weight excluding hydrogens is 238 g/mol. The van der Waals surface area contributed by atoms with Crippen LogP contribution in [0.1, 0.15) is 55.8 Å². The Morgan fingerprint density at radius 3 is 2.42 bits per heavy atom. The summed E-state index contributed by atoms with van der Waals surface area (Å²) in [4.78, 5) is 8.98. The summed E-state index contributed by atoms with van der Waals surface area (Å²) in [6, 6.07) is 6.00. The third kappa shape index (κ3) is 3.34. The highest BCUT2D eigenvalue weighted by Gasteiger charge is 2.12. The average Bonchev–Trinajstić information content (AvgIpc) is 2.75. The number of anilines is 1. The largest absolute Gasteiger partial charge is 0.464 e. The molecule has 0 spiro atoms. The fourth-order valence-corrected chi connectivity index (χ4v) is 1.90. The second kappa shape index (κ2) is 5.43. The SMILES string of the molecule is Cc1cc(NC(C)c2ccc(C)o2)nc(C(C)C)n1. The molecule has 4 nitrogen and oxygen atoms in total. The zero-order valence-electron chi connectivity index (χ0n) is 12.2. The summed E-state index contributed by atoms with van der Waals surface area (Å²) in [5, 5.41) is 3.36. The maximum atomic E-state index is 5.62. The van der Waals surface area contributed by atoms with Gasteiger partial charge in [0, 0.05) is 17.7 Å². The number of rotatable bonds is 4. The van der Waals surface area contributed by atoms with Gasteiger partial charge in [-0.15, -0.1) is 0 Å². The predicted octanol–water partition coefficient (Wildman–Crippen LogP) is 3.98. The number of nitrogens with one attached hydrogen (secondary N) is 1. The van der Waals surface area contributed by atoms with E-state index in [9.17, 15) is 0 Å². The van der Waals surface area contributed by atoms with E-state index in [4.69, 9.17) is 4.42 Å². The van der Waals surface area contributed by atoms with Crippen LogP contribution in [0.2, 0.25) is 0 Å². The van der Waals surface area contributed by atoms with Gasteiger partial charge in [0.15, 0.2) is 0 Å². The fourth-order valence-electron chi connectivity index (χ4n) is 1.90. The minimum absolute atomic E-state index is 0.0861. The van der Waals surface area contributed by atoms with Gasteiger partial charge >= 0.3 is 0 Å². The zero-order valence-corrected chi connectivity index (χ0v) is 12.2. The molecule has 2 aromatic heterocycles. The van der Waals surface area contributed by atoms with Crippen molar-refractivity contribution < 1.29 is 4.42 Å². The predicted molar refractivity (Wildman–Crippen MR) is 76.3 cm³/mol. The Kier molecular flexibility index (Phi) is 3.88. The third-order valence-electron chi connectivity index (χ3n) is 2.94. The summed E-state index contributed by atoms with van der Waals surface area (Å²) in [5.74, 6) is 3.87. The molecule has 2 aromatic rings. The number of aryl methyl sites for hydroxylation is 2. The lowest BCUT2D eigenvalue weighted by molar-refractivity contribution is 0.466. The van der Waals surface area contributed by atoms with Gasteiger partial charge in [0.25, 0.3) is 0 Å². The molecule has 4 heteroatoms. The van der Waals surface area contributed by atoms with E-state index in [0.717, 1.165) is 28.9 Å². The van der Waals surface area contributed by atoms with Crippen molar-refractivity contribution in [1.29, 1.82) is 0 Å². The van der Waals surface area contributed by atoms with Crippen LogP contribution < -0.4 is 5.32 Å². The fraction of sp³-hybridized carbons (Fsp3) is 0.467. The molecule has 0 saturated carbocycles. The average molecular weight is 259 g/mol. The van der Waals surface area contributed by atoms with E-state index in [2.05, 4.69) is 36.1 Å². The maximum absolute atomic E-state index is 5.62. The first-order valence-electron chi connectivity index (χ1n) is 6.64. The molecule has 0 aliphatic heterocycles. The van der Waals surface area contributed by atoms with Gasteiger partial charge in [-0.2, -0.15) is 0 Å². The number of hydrogen-bond acceptors (Lipinski definition) is 4. The minimum Gasteiger partial charge on any atom is -0.464 e. The van der Waals surface area contributed by atoms with Crippen LogP contribution in [0.15, 0.2) is 22.6 Å². The molecule has 2 heterocycles. The van der Waals surface area contributed by atoms with Gasteiger partial charge in [0.05, 0.1) is 6.04 Å². The Morgan fingerprint density at radius 2 is 1.84 bits per heavy atom. The van der Waals surface area contributed by atoms with Crippen molar-refractivity contribution in [3.05, 3.63) is 41.2 Å². The van der Waals surface area contributed by atoms with E-state index in [1.165, 1.54) is 0 Å². The van der Waals surface area contributed by atoms with Crippen molar-refractivity contribution >= 4 is 5.82 Å².